The number of rotatable bonds is 5. The number of benzene rings is 2. The molecular formula is C21H18ClNO5. The molecule has 6 nitrogen and oxygen atoms in total. The fourth-order valence-electron chi connectivity index (χ4n) is 3.21. The average molecular weight is 400 g/mol. The van der Waals surface area contributed by atoms with E-state index in [1.807, 2.05) is 6.92 Å². The maximum absolute atomic E-state index is 12.7. The van der Waals surface area contributed by atoms with Gasteiger partial charge >= 0.3 is 5.97 Å². The monoisotopic (exact) mass is 399 g/mol. The summed E-state index contributed by atoms with van der Waals surface area (Å²) in [7, 11) is 0. The highest BCUT2D eigenvalue weighted by molar-refractivity contribution is 6.47. The van der Waals surface area contributed by atoms with Gasteiger partial charge in [0.1, 0.15) is 5.76 Å². The zero-order valence-electron chi connectivity index (χ0n) is 15.1. The predicted molar refractivity (Wildman–Crippen MR) is 104 cm³/mol. The second-order valence-corrected chi connectivity index (χ2v) is 6.93. The molecule has 1 amide bonds. The van der Waals surface area contributed by atoms with Gasteiger partial charge in [-0.15, -0.1) is 0 Å². The molecule has 0 aliphatic carbocycles. The van der Waals surface area contributed by atoms with Crippen molar-refractivity contribution >= 4 is 35.0 Å². The molecule has 0 aromatic heterocycles. The fraction of sp³-hybridized carbons (Fsp3) is 0.190. The Balaban J connectivity index is 2.18. The Labute approximate surface area is 166 Å². The third kappa shape index (κ3) is 3.64. The number of halogens is 1. The maximum Gasteiger partial charge on any atom is 0.305 e. The lowest BCUT2D eigenvalue weighted by Crippen LogP contribution is -2.32. The number of amides is 1. The minimum Gasteiger partial charge on any atom is -0.507 e. The summed E-state index contributed by atoms with van der Waals surface area (Å²) in [6.07, 6.45) is -0.335. The number of aliphatic carboxylic acids is 1. The number of carboxylic acids is 1. The minimum absolute atomic E-state index is 0.104. The van der Waals surface area contributed by atoms with Crippen LogP contribution in [0, 0.1) is 6.92 Å². The molecule has 0 saturated carbocycles. The highest BCUT2D eigenvalue weighted by atomic mass is 35.5. The minimum atomic E-state index is -1.10. The summed E-state index contributed by atoms with van der Waals surface area (Å²) in [4.78, 5) is 37.5. The van der Waals surface area contributed by atoms with Gasteiger partial charge in [-0.3, -0.25) is 14.4 Å². The molecule has 1 aliphatic rings. The Bertz CT molecular complexity index is 981. The molecule has 2 aromatic carbocycles. The number of Topliss-reactive ketones (excluding diaryl/α,β-unsaturated/α-hetero) is 1. The normalized spacial score (nSPS) is 18.5. The molecule has 1 saturated heterocycles. The number of nitrogens with zero attached hydrogens (tertiary/aromatic N) is 1. The van der Waals surface area contributed by atoms with Crippen LogP contribution in [0.15, 0.2) is 54.1 Å². The summed E-state index contributed by atoms with van der Waals surface area (Å²) in [6, 6.07) is 12.6. The van der Waals surface area contributed by atoms with Crippen LogP contribution in [0.5, 0.6) is 0 Å². The van der Waals surface area contributed by atoms with Gasteiger partial charge in [-0.05, 0) is 18.6 Å². The first-order valence-corrected chi connectivity index (χ1v) is 9.00. The summed E-state index contributed by atoms with van der Waals surface area (Å²) in [5, 5.41) is 20.2. The number of aliphatic hydroxyl groups is 1. The van der Waals surface area contributed by atoms with E-state index in [1.54, 1.807) is 48.5 Å². The van der Waals surface area contributed by atoms with Crippen LogP contribution in [0.3, 0.4) is 0 Å². The van der Waals surface area contributed by atoms with Crippen molar-refractivity contribution in [1.82, 2.24) is 4.90 Å². The van der Waals surface area contributed by atoms with Crippen LogP contribution < -0.4 is 0 Å². The Kier molecular flexibility index (Phi) is 5.51. The standard InChI is InChI=1S/C21H18ClNO5/c1-12-6-8-13(9-7-12)19(26)17-18(14-4-2-3-5-15(14)22)23(11-10-16(24)25)21(28)20(17)27/h2-9,18,26H,10-11H2,1H3,(H,24,25). The van der Waals surface area contributed by atoms with E-state index in [-0.39, 0.29) is 24.3 Å². The first kappa shape index (κ1) is 19.6. The van der Waals surface area contributed by atoms with Crippen LogP contribution in [0.1, 0.15) is 29.2 Å². The Hall–Kier alpha value is -3.12. The largest absolute Gasteiger partial charge is 0.507 e. The summed E-state index contributed by atoms with van der Waals surface area (Å²) in [5.41, 5.74) is 1.70. The van der Waals surface area contributed by atoms with Crippen LogP contribution >= 0.6 is 11.6 Å². The molecule has 0 spiro atoms. The van der Waals surface area contributed by atoms with Crippen LogP contribution in [-0.4, -0.2) is 39.3 Å². The van der Waals surface area contributed by atoms with Crippen LogP contribution in [-0.2, 0) is 14.4 Å². The van der Waals surface area contributed by atoms with Gasteiger partial charge in [-0.25, -0.2) is 0 Å². The second kappa shape index (κ2) is 7.86. The number of aliphatic hydroxyl groups excluding tert-OH is 1. The number of hydrogen-bond acceptors (Lipinski definition) is 4. The molecule has 0 radical (unpaired) electrons. The fourth-order valence-corrected chi connectivity index (χ4v) is 3.45. The molecule has 2 aromatic rings. The lowest BCUT2D eigenvalue weighted by atomic mass is 9.95. The van der Waals surface area contributed by atoms with Crippen molar-refractivity contribution in [2.45, 2.75) is 19.4 Å². The first-order chi connectivity index (χ1) is 13.3. The topological polar surface area (TPSA) is 94.9 Å². The van der Waals surface area contributed by atoms with Gasteiger partial charge in [0.15, 0.2) is 0 Å². The SMILES string of the molecule is Cc1ccc(C(O)=C2C(=O)C(=O)N(CCC(=O)O)C2c2ccccc2Cl)cc1. The Morgan fingerprint density at radius 1 is 1.07 bits per heavy atom. The summed E-state index contributed by atoms with van der Waals surface area (Å²) < 4.78 is 0. The van der Waals surface area contributed by atoms with Crippen LogP contribution in [0.25, 0.3) is 5.76 Å². The highest BCUT2D eigenvalue weighted by Gasteiger charge is 2.46. The number of ketones is 1. The van der Waals surface area contributed by atoms with Crippen molar-refractivity contribution in [1.29, 1.82) is 0 Å². The predicted octanol–water partition coefficient (Wildman–Crippen LogP) is 3.54. The van der Waals surface area contributed by atoms with E-state index in [2.05, 4.69) is 0 Å². The molecule has 1 unspecified atom stereocenters. The Morgan fingerprint density at radius 2 is 1.71 bits per heavy atom. The van der Waals surface area contributed by atoms with Gasteiger partial charge in [0.2, 0.25) is 0 Å². The van der Waals surface area contributed by atoms with Crippen molar-refractivity contribution < 1.29 is 24.6 Å². The molecule has 1 atom stereocenters. The number of carbonyl (C=O) groups excluding carboxylic acids is 2. The van der Waals surface area contributed by atoms with Gasteiger partial charge in [0, 0.05) is 17.1 Å². The molecule has 3 rings (SSSR count). The molecule has 2 N–H and O–H groups in total. The van der Waals surface area contributed by atoms with Gasteiger partial charge in [0.05, 0.1) is 18.0 Å². The van der Waals surface area contributed by atoms with Gasteiger partial charge in [-0.2, -0.15) is 0 Å². The molecule has 144 valence electrons. The van der Waals surface area contributed by atoms with Gasteiger partial charge < -0.3 is 15.1 Å². The lowest BCUT2D eigenvalue weighted by Gasteiger charge is -2.25. The van der Waals surface area contributed by atoms with E-state index in [1.165, 1.54) is 0 Å². The molecule has 0 bridgehead atoms. The number of carbonyl (C=O) groups is 3. The third-order valence-electron chi connectivity index (χ3n) is 4.63. The van der Waals surface area contributed by atoms with Crippen molar-refractivity contribution in [3.05, 3.63) is 75.8 Å². The molecule has 1 aliphatic heterocycles. The second-order valence-electron chi connectivity index (χ2n) is 6.52. The van der Waals surface area contributed by atoms with E-state index in [0.29, 0.717) is 16.1 Å². The highest BCUT2D eigenvalue weighted by Crippen LogP contribution is 2.41. The van der Waals surface area contributed by atoms with Crippen LogP contribution in [0.2, 0.25) is 5.02 Å². The third-order valence-corrected chi connectivity index (χ3v) is 4.98. The van der Waals surface area contributed by atoms with Crippen molar-refractivity contribution in [2.75, 3.05) is 6.54 Å². The molecule has 1 fully saturated rings. The van der Waals surface area contributed by atoms with Crippen molar-refractivity contribution in [2.24, 2.45) is 0 Å². The molecule has 28 heavy (non-hydrogen) atoms. The van der Waals surface area contributed by atoms with Gasteiger partial charge in [0.25, 0.3) is 11.7 Å². The number of carboxylic acid groups (broad SMARTS) is 1. The molecule has 7 heteroatoms. The maximum atomic E-state index is 12.7. The van der Waals surface area contributed by atoms with E-state index in [0.717, 1.165) is 10.5 Å². The quantitative estimate of drug-likeness (QED) is 0.455. The molecular weight excluding hydrogens is 382 g/mol. The lowest BCUT2D eigenvalue weighted by molar-refractivity contribution is -0.142. The summed E-state index contributed by atoms with van der Waals surface area (Å²) >= 11 is 6.29. The summed E-state index contributed by atoms with van der Waals surface area (Å²) in [6.45, 7) is 1.71. The number of aryl methyl sites for hydroxylation is 1. The first-order valence-electron chi connectivity index (χ1n) is 8.63. The summed E-state index contributed by atoms with van der Waals surface area (Å²) in [5.74, 6) is -3.15. The van der Waals surface area contributed by atoms with E-state index in [4.69, 9.17) is 16.7 Å². The van der Waals surface area contributed by atoms with Crippen molar-refractivity contribution in [3.8, 4) is 0 Å². The van der Waals surface area contributed by atoms with Gasteiger partial charge in [-0.1, -0.05) is 59.6 Å². The average Bonchev–Trinajstić information content (AvgIpc) is 2.91. The zero-order chi connectivity index (χ0) is 20.4. The van der Waals surface area contributed by atoms with E-state index >= 15 is 0 Å². The zero-order valence-corrected chi connectivity index (χ0v) is 15.8. The smallest absolute Gasteiger partial charge is 0.305 e. The number of likely N-dealkylation sites (tertiary alicyclic amines) is 1. The molecule has 1 heterocycles. The van der Waals surface area contributed by atoms with E-state index in [9.17, 15) is 19.5 Å². The Morgan fingerprint density at radius 3 is 2.32 bits per heavy atom. The number of hydrogen-bond donors (Lipinski definition) is 2. The van der Waals surface area contributed by atoms with Crippen molar-refractivity contribution in [3.63, 3.8) is 0 Å². The van der Waals surface area contributed by atoms with E-state index < -0.39 is 23.7 Å². The van der Waals surface area contributed by atoms with Crippen LogP contribution in [0.4, 0.5) is 0 Å².